The van der Waals surface area contributed by atoms with Crippen LogP contribution in [0.3, 0.4) is 0 Å². The van der Waals surface area contributed by atoms with Gasteiger partial charge in [-0.25, -0.2) is 0 Å². The molecule has 0 radical (unpaired) electrons. The van der Waals surface area contributed by atoms with Gasteiger partial charge in [0, 0.05) is 10.5 Å². The predicted molar refractivity (Wildman–Crippen MR) is 72.2 cm³/mol. The molecule has 17 heavy (non-hydrogen) atoms. The van der Waals surface area contributed by atoms with Crippen LogP contribution in [0.2, 0.25) is 0 Å². The third kappa shape index (κ3) is 2.56. The highest BCUT2D eigenvalue weighted by Gasteiger charge is 2.06. The van der Waals surface area contributed by atoms with Gasteiger partial charge in [0.15, 0.2) is 0 Å². The number of ether oxygens (including phenoxy) is 2. The van der Waals surface area contributed by atoms with Crippen LogP contribution < -0.4 is 9.47 Å². The lowest BCUT2D eigenvalue weighted by Crippen LogP contribution is -1.88. The zero-order chi connectivity index (χ0) is 12.3. The van der Waals surface area contributed by atoms with Gasteiger partial charge in [0.05, 0.1) is 14.2 Å². The Kier molecular flexibility index (Phi) is 3.59. The van der Waals surface area contributed by atoms with Gasteiger partial charge in [-0.05, 0) is 35.9 Å². The molecule has 2 aromatic rings. The van der Waals surface area contributed by atoms with E-state index in [1.165, 1.54) is 0 Å². The average Bonchev–Trinajstić information content (AvgIpc) is 2.39. The van der Waals surface area contributed by atoms with Crippen molar-refractivity contribution in [2.45, 2.75) is 4.90 Å². The van der Waals surface area contributed by atoms with Crippen LogP contribution in [0.25, 0.3) is 11.1 Å². The van der Waals surface area contributed by atoms with Crippen molar-refractivity contribution in [1.29, 1.82) is 0 Å². The van der Waals surface area contributed by atoms with Crippen molar-refractivity contribution < 1.29 is 9.47 Å². The summed E-state index contributed by atoms with van der Waals surface area (Å²) >= 11 is 4.30. The number of methoxy groups -OCH3 is 2. The van der Waals surface area contributed by atoms with Crippen LogP contribution in [0, 0.1) is 0 Å². The molecule has 0 spiro atoms. The lowest BCUT2D eigenvalue weighted by molar-refractivity contribution is 0.414. The molecule has 2 aromatic carbocycles. The zero-order valence-corrected chi connectivity index (χ0v) is 10.7. The summed E-state index contributed by atoms with van der Waals surface area (Å²) in [5.74, 6) is 1.67. The third-order valence-electron chi connectivity index (χ3n) is 2.59. The van der Waals surface area contributed by atoms with Crippen molar-refractivity contribution in [3.63, 3.8) is 0 Å². The van der Waals surface area contributed by atoms with Gasteiger partial charge >= 0.3 is 0 Å². The van der Waals surface area contributed by atoms with E-state index < -0.39 is 0 Å². The monoisotopic (exact) mass is 246 g/mol. The molecule has 0 aliphatic heterocycles. The number of benzene rings is 2. The molecule has 3 heteroatoms. The van der Waals surface area contributed by atoms with Crippen LogP contribution in [0.4, 0.5) is 0 Å². The molecule has 0 fully saturated rings. The standard InChI is InChI=1S/C14H14O2S/c1-15-11-5-3-10(4-6-11)13-8-7-12(17)9-14(13)16-2/h3-9,17H,1-2H3. The number of rotatable bonds is 3. The summed E-state index contributed by atoms with van der Waals surface area (Å²) in [6.45, 7) is 0. The normalized spacial score (nSPS) is 10.1. The first-order chi connectivity index (χ1) is 8.24. The summed E-state index contributed by atoms with van der Waals surface area (Å²) < 4.78 is 10.5. The van der Waals surface area contributed by atoms with Crippen LogP contribution in [0.1, 0.15) is 0 Å². The Balaban J connectivity index is 2.44. The molecule has 88 valence electrons. The smallest absolute Gasteiger partial charge is 0.127 e. The summed E-state index contributed by atoms with van der Waals surface area (Å²) in [6, 6.07) is 13.7. The van der Waals surface area contributed by atoms with E-state index in [9.17, 15) is 0 Å². The van der Waals surface area contributed by atoms with Crippen LogP contribution in [0.5, 0.6) is 11.5 Å². The third-order valence-corrected chi connectivity index (χ3v) is 2.86. The molecule has 0 unspecified atom stereocenters. The van der Waals surface area contributed by atoms with Crippen molar-refractivity contribution in [2.75, 3.05) is 14.2 Å². The SMILES string of the molecule is COc1ccc(-c2ccc(S)cc2OC)cc1. The first-order valence-electron chi connectivity index (χ1n) is 5.26. The Hall–Kier alpha value is -1.61. The first kappa shape index (κ1) is 11.9. The maximum absolute atomic E-state index is 5.36. The molecule has 0 atom stereocenters. The second-order valence-corrected chi connectivity index (χ2v) is 4.13. The maximum atomic E-state index is 5.36. The van der Waals surface area contributed by atoms with E-state index in [2.05, 4.69) is 12.6 Å². The maximum Gasteiger partial charge on any atom is 0.127 e. The number of thiol groups is 1. The van der Waals surface area contributed by atoms with Crippen molar-refractivity contribution in [3.8, 4) is 22.6 Å². The molecule has 0 aliphatic rings. The molecule has 0 amide bonds. The molecule has 2 nitrogen and oxygen atoms in total. The average molecular weight is 246 g/mol. The minimum atomic E-state index is 0.822. The molecule has 0 N–H and O–H groups in total. The largest absolute Gasteiger partial charge is 0.497 e. The molecule has 0 saturated carbocycles. The Morgan fingerprint density at radius 2 is 1.59 bits per heavy atom. The molecule has 2 rings (SSSR count). The second kappa shape index (κ2) is 5.15. The summed E-state index contributed by atoms with van der Waals surface area (Å²) in [5, 5.41) is 0. The fourth-order valence-electron chi connectivity index (χ4n) is 1.69. The van der Waals surface area contributed by atoms with Gasteiger partial charge in [0.25, 0.3) is 0 Å². The van der Waals surface area contributed by atoms with Gasteiger partial charge in [0.1, 0.15) is 11.5 Å². The Morgan fingerprint density at radius 3 is 2.18 bits per heavy atom. The number of hydrogen-bond donors (Lipinski definition) is 1. The summed E-state index contributed by atoms with van der Waals surface area (Å²) in [7, 11) is 3.32. The van der Waals surface area contributed by atoms with E-state index in [1.807, 2.05) is 42.5 Å². The molecule has 0 heterocycles. The van der Waals surface area contributed by atoms with Crippen LogP contribution in [-0.2, 0) is 0 Å². The predicted octanol–water partition coefficient (Wildman–Crippen LogP) is 3.66. The Labute approximate surface area is 107 Å². The van der Waals surface area contributed by atoms with E-state index in [0.717, 1.165) is 27.5 Å². The molecular weight excluding hydrogens is 232 g/mol. The lowest BCUT2D eigenvalue weighted by atomic mass is 10.0. The molecule has 0 bridgehead atoms. The number of hydrogen-bond acceptors (Lipinski definition) is 3. The van der Waals surface area contributed by atoms with Crippen molar-refractivity contribution in [3.05, 3.63) is 42.5 Å². The molecular formula is C14H14O2S. The van der Waals surface area contributed by atoms with E-state index >= 15 is 0 Å². The highest BCUT2D eigenvalue weighted by Crippen LogP contribution is 2.32. The van der Waals surface area contributed by atoms with Crippen molar-refractivity contribution >= 4 is 12.6 Å². The molecule has 0 aromatic heterocycles. The van der Waals surface area contributed by atoms with Crippen molar-refractivity contribution in [2.24, 2.45) is 0 Å². The van der Waals surface area contributed by atoms with E-state index in [-0.39, 0.29) is 0 Å². The molecule has 0 saturated heterocycles. The first-order valence-corrected chi connectivity index (χ1v) is 5.70. The van der Waals surface area contributed by atoms with Gasteiger partial charge < -0.3 is 9.47 Å². The van der Waals surface area contributed by atoms with Crippen molar-refractivity contribution in [1.82, 2.24) is 0 Å². The quantitative estimate of drug-likeness (QED) is 0.833. The minimum Gasteiger partial charge on any atom is -0.497 e. The van der Waals surface area contributed by atoms with E-state index in [1.54, 1.807) is 14.2 Å². The highest BCUT2D eigenvalue weighted by atomic mass is 32.1. The van der Waals surface area contributed by atoms with Crippen LogP contribution in [-0.4, -0.2) is 14.2 Å². The second-order valence-electron chi connectivity index (χ2n) is 3.61. The fraction of sp³-hybridized carbons (Fsp3) is 0.143. The van der Waals surface area contributed by atoms with Gasteiger partial charge in [0.2, 0.25) is 0 Å². The topological polar surface area (TPSA) is 18.5 Å². The zero-order valence-electron chi connectivity index (χ0n) is 9.81. The van der Waals surface area contributed by atoms with Gasteiger partial charge in [-0.15, -0.1) is 12.6 Å². The lowest BCUT2D eigenvalue weighted by Gasteiger charge is -2.09. The summed E-state index contributed by atoms with van der Waals surface area (Å²) in [6.07, 6.45) is 0. The highest BCUT2D eigenvalue weighted by molar-refractivity contribution is 7.80. The fourth-order valence-corrected chi connectivity index (χ4v) is 1.88. The van der Waals surface area contributed by atoms with Gasteiger partial charge in [-0.3, -0.25) is 0 Å². The van der Waals surface area contributed by atoms with Crippen LogP contribution in [0.15, 0.2) is 47.4 Å². The summed E-state index contributed by atoms with van der Waals surface area (Å²) in [5.41, 5.74) is 2.14. The van der Waals surface area contributed by atoms with E-state index in [4.69, 9.17) is 9.47 Å². The Morgan fingerprint density at radius 1 is 0.882 bits per heavy atom. The Bertz CT molecular complexity index is 506. The van der Waals surface area contributed by atoms with E-state index in [0.29, 0.717) is 0 Å². The minimum absolute atomic E-state index is 0.822. The summed E-state index contributed by atoms with van der Waals surface area (Å²) in [4.78, 5) is 0.888. The van der Waals surface area contributed by atoms with Gasteiger partial charge in [-0.2, -0.15) is 0 Å². The van der Waals surface area contributed by atoms with Gasteiger partial charge in [-0.1, -0.05) is 12.1 Å². The van der Waals surface area contributed by atoms with Crippen LogP contribution >= 0.6 is 12.6 Å². The molecule has 0 aliphatic carbocycles.